The fourth-order valence-electron chi connectivity index (χ4n) is 3.59. The van der Waals surface area contributed by atoms with Crippen LogP contribution in [0.5, 0.6) is 11.5 Å². The van der Waals surface area contributed by atoms with E-state index in [1.807, 2.05) is 30.3 Å². The molecular formula is C22H22N4O5. The van der Waals surface area contributed by atoms with E-state index in [0.29, 0.717) is 54.8 Å². The summed E-state index contributed by atoms with van der Waals surface area (Å²) in [5, 5.41) is 18.3. The number of hydrogen-bond acceptors (Lipinski definition) is 6. The molecule has 0 fully saturated rings. The molecule has 0 radical (unpaired) electrons. The van der Waals surface area contributed by atoms with Crippen molar-refractivity contribution in [2.75, 3.05) is 13.2 Å². The summed E-state index contributed by atoms with van der Waals surface area (Å²) in [5.74, 6) is 1.15. The average Bonchev–Trinajstić information content (AvgIpc) is 3.05. The predicted octanol–water partition coefficient (Wildman–Crippen LogP) is 3.16. The van der Waals surface area contributed by atoms with E-state index < -0.39 is 4.92 Å². The standard InChI is InChI=1S/C22H22N4O5/c1-14-20(26(28)29)15(2)25(24-14)13-16-6-8-17(9-7-16)22(27)23-12-18-4-3-5-19-21(18)31-11-10-30-19/h3-9H,10-13H2,1-2H3,(H,23,27). The van der Waals surface area contributed by atoms with Crippen molar-refractivity contribution in [3.05, 3.63) is 80.7 Å². The molecule has 0 unspecified atom stereocenters. The van der Waals surface area contributed by atoms with Crippen LogP contribution in [-0.2, 0) is 13.1 Å². The molecule has 4 rings (SSSR count). The fraction of sp³-hybridized carbons (Fsp3) is 0.273. The van der Waals surface area contributed by atoms with Crippen molar-refractivity contribution in [2.45, 2.75) is 26.9 Å². The number of aryl methyl sites for hydroxylation is 1. The van der Waals surface area contributed by atoms with E-state index in [9.17, 15) is 14.9 Å². The largest absolute Gasteiger partial charge is 0.486 e. The molecule has 2 heterocycles. The predicted molar refractivity (Wildman–Crippen MR) is 113 cm³/mol. The van der Waals surface area contributed by atoms with Gasteiger partial charge in [0.15, 0.2) is 11.5 Å². The van der Waals surface area contributed by atoms with Crippen LogP contribution in [0.3, 0.4) is 0 Å². The van der Waals surface area contributed by atoms with Gasteiger partial charge in [-0.2, -0.15) is 5.10 Å². The van der Waals surface area contributed by atoms with Gasteiger partial charge in [0.25, 0.3) is 5.91 Å². The molecule has 31 heavy (non-hydrogen) atoms. The summed E-state index contributed by atoms with van der Waals surface area (Å²) in [5.41, 5.74) is 3.18. The molecule has 2 aromatic carbocycles. The molecule has 1 aromatic heterocycles. The maximum absolute atomic E-state index is 12.6. The second-order valence-corrected chi connectivity index (χ2v) is 7.26. The Labute approximate surface area is 178 Å². The van der Waals surface area contributed by atoms with Crippen LogP contribution in [0.1, 0.15) is 32.9 Å². The molecule has 3 aromatic rings. The van der Waals surface area contributed by atoms with Gasteiger partial charge in [-0.05, 0) is 37.6 Å². The first-order valence-corrected chi connectivity index (χ1v) is 9.87. The molecule has 1 amide bonds. The van der Waals surface area contributed by atoms with Crippen LogP contribution in [0.25, 0.3) is 0 Å². The minimum Gasteiger partial charge on any atom is -0.486 e. The van der Waals surface area contributed by atoms with Gasteiger partial charge in [0.05, 0.1) is 11.5 Å². The Morgan fingerprint density at radius 1 is 1.16 bits per heavy atom. The van der Waals surface area contributed by atoms with Crippen molar-refractivity contribution >= 4 is 11.6 Å². The van der Waals surface area contributed by atoms with Gasteiger partial charge in [-0.1, -0.05) is 24.3 Å². The minimum atomic E-state index is -0.414. The lowest BCUT2D eigenvalue weighted by Crippen LogP contribution is -2.24. The molecule has 0 aliphatic carbocycles. The first kappa shape index (κ1) is 20.4. The lowest BCUT2D eigenvalue weighted by Gasteiger charge is -2.21. The number of carbonyl (C=O) groups excluding carboxylic acids is 1. The van der Waals surface area contributed by atoms with Crippen molar-refractivity contribution in [1.29, 1.82) is 0 Å². The maximum Gasteiger partial charge on any atom is 0.312 e. The highest BCUT2D eigenvalue weighted by Crippen LogP contribution is 2.33. The molecule has 1 N–H and O–H groups in total. The van der Waals surface area contributed by atoms with E-state index >= 15 is 0 Å². The molecular weight excluding hydrogens is 400 g/mol. The number of rotatable bonds is 6. The summed E-state index contributed by atoms with van der Waals surface area (Å²) in [4.78, 5) is 23.3. The Bertz CT molecular complexity index is 1140. The Morgan fingerprint density at radius 3 is 2.61 bits per heavy atom. The van der Waals surface area contributed by atoms with Gasteiger partial charge < -0.3 is 14.8 Å². The molecule has 0 atom stereocenters. The van der Waals surface area contributed by atoms with Gasteiger partial charge in [0, 0.05) is 17.7 Å². The number of carbonyl (C=O) groups is 1. The summed E-state index contributed by atoms with van der Waals surface area (Å²) in [7, 11) is 0. The second-order valence-electron chi connectivity index (χ2n) is 7.26. The number of ether oxygens (including phenoxy) is 2. The van der Waals surface area contributed by atoms with E-state index in [4.69, 9.17) is 9.47 Å². The van der Waals surface area contributed by atoms with Crippen molar-refractivity contribution in [3.63, 3.8) is 0 Å². The molecule has 1 aliphatic rings. The zero-order chi connectivity index (χ0) is 22.0. The number of amides is 1. The average molecular weight is 422 g/mol. The van der Waals surface area contributed by atoms with Crippen LogP contribution in [0, 0.1) is 24.0 Å². The van der Waals surface area contributed by atoms with Crippen LogP contribution in [0.15, 0.2) is 42.5 Å². The van der Waals surface area contributed by atoms with Gasteiger partial charge in [-0.15, -0.1) is 0 Å². The van der Waals surface area contributed by atoms with E-state index in [1.165, 1.54) is 0 Å². The van der Waals surface area contributed by atoms with Crippen molar-refractivity contribution in [1.82, 2.24) is 15.1 Å². The summed E-state index contributed by atoms with van der Waals surface area (Å²) in [6.45, 7) is 5.00. The van der Waals surface area contributed by atoms with E-state index in [-0.39, 0.29) is 11.6 Å². The van der Waals surface area contributed by atoms with E-state index in [0.717, 1.165) is 11.1 Å². The topological polar surface area (TPSA) is 109 Å². The Morgan fingerprint density at radius 2 is 1.90 bits per heavy atom. The number of para-hydroxylation sites is 1. The second kappa shape index (κ2) is 8.47. The number of nitro groups is 1. The van der Waals surface area contributed by atoms with Crippen LogP contribution in [0.4, 0.5) is 5.69 Å². The highest BCUT2D eigenvalue weighted by atomic mass is 16.6. The highest BCUT2D eigenvalue weighted by Gasteiger charge is 2.22. The third-order valence-electron chi connectivity index (χ3n) is 5.16. The third-order valence-corrected chi connectivity index (χ3v) is 5.16. The Hall–Kier alpha value is -3.88. The molecule has 9 nitrogen and oxygen atoms in total. The third kappa shape index (κ3) is 4.20. The first-order chi connectivity index (χ1) is 14.9. The van der Waals surface area contributed by atoms with Crippen molar-refractivity contribution in [3.8, 4) is 11.5 Å². The van der Waals surface area contributed by atoms with Gasteiger partial charge >= 0.3 is 5.69 Å². The molecule has 1 aliphatic heterocycles. The van der Waals surface area contributed by atoms with Crippen molar-refractivity contribution < 1.29 is 19.2 Å². The normalized spacial score (nSPS) is 12.5. The molecule has 0 saturated carbocycles. The van der Waals surface area contributed by atoms with Gasteiger partial charge in [-0.3, -0.25) is 19.6 Å². The molecule has 9 heteroatoms. The van der Waals surface area contributed by atoms with Gasteiger partial charge in [0.2, 0.25) is 0 Å². The van der Waals surface area contributed by atoms with Crippen LogP contribution in [0.2, 0.25) is 0 Å². The van der Waals surface area contributed by atoms with E-state index in [2.05, 4.69) is 10.4 Å². The lowest BCUT2D eigenvalue weighted by atomic mass is 10.1. The molecule has 0 spiro atoms. The number of benzene rings is 2. The fourth-order valence-corrected chi connectivity index (χ4v) is 3.59. The Balaban J connectivity index is 1.41. The minimum absolute atomic E-state index is 0.0356. The highest BCUT2D eigenvalue weighted by molar-refractivity contribution is 5.94. The summed E-state index contributed by atoms with van der Waals surface area (Å²) >= 11 is 0. The van der Waals surface area contributed by atoms with Crippen LogP contribution >= 0.6 is 0 Å². The number of hydrogen-bond donors (Lipinski definition) is 1. The summed E-state index contributed by atoms with van der Waals surface area (Å²) < 4.78 is 12.8. The zero-order valence-electron chi connectivity index (χ0n) is 17.3. The molecule has 0 saturated heterocycles. The quantitative estimate of drug-likeness (QED) is 0.483. The maximum atomic E-state index is 12.6. The number of nitrogens with one attached hydrogen (secondary N) is 1. The van der Waals surface area contributed by atoms with Gasteiger partial charge in [-0.25, -0.2) is 0 Å². The van der Waals surface area contributed by atoms with Crippen LogP contribution < -0.4 is 14.8 Å². The monoisotopic (exact) mass is 422 g/mol. The van der Waals surface area contributed by atoms with E-state index in [1.54, 1.807) is 30.7 Å². The van der Waals surface area contributed by atoms with Gasteiger partial charge in [0.1, 0.15) is 24.6 Å². The Kier molecular flexibility index (Phi) is 5.57. The van der Waals surface area contributed by atoms with Crippen molar-refractivity contribution in [2.24, 2.45) is 0 Å². The zero-order valence-corrected chi connectivity index (χ0v) is 17.3. The lowest BCUT2D eigenvalue weighted by molar-refractivity contribution is -0.386. The summed E-state index contributed by atoms with van der Waals surface area (Å²) in [6.07, 6.45) is 0. The first-order valence-electron chi connectivity index (χ1n) is 9.87. The molecule has 160 valence electrons. The number of aromatic nitrogens is 2. The van der Waals surface area contributed by atoms with Crippen LogP contribution in [-0.4, -0.2) is 33.8 Å². The molecule has 0 bridgehead atoms. The number of fused-ring (bicyclic) bond motifs is 1. The smallest absolute Gasteiger partial charge is 0.312 e. The summed E-state index contributed by atoms with van der Waals surface area (Å²) in [6, 6.07) is 12.7. The number of nitrogens with zero attached hydrogens (tertiary/aromatic N) is 3. The SMILES string of the molecule is Cc1nn(Cc2ccc(C(=O)NCc3cccc4c3OCCO4)cc2)c(C)c1[N+](=O)[O-].